The molecule has 0 saturated carbocycles. The number of hydrogen-bond donors (Lipinski definition) is 2. The van der Waals surface area contributed by atoms with Crippen LogP contribution in [0.1, 0.15) is 19.5 Å². The van der Waals surface area contributed by atoms with Crippen molar-refractivity contribution in [2.45, 2.75) is 20.8 Å². The summed E-state index contributed by atoms with van der Waals surface area (Å²) in [5.74, 6) is 0. The third-order valence-electron chi connectivity index (χ3n) is 1.66. The van der Waals surface area contributed by atoms with E-state index in [9.17, 15) is 4.79 Å². The fourth-order valence-electron chi connectivity index (χ4n) is 0.919. The number of hydrogen-bond acceptors (Lipinski definition) is 2. The number of pyridine rings is 1. The largest absolute Gasteiger partial charge is 0.323 e. The van der Waals surface area contributed by atoms with Gasteiger partial charge < -0.3 is 10.6 Å². The van der Waals surface area contributed by atoms with Crippen LogP contribution in [0, 0.1) is 6.92 Å². The van der Waals surface area contributed by atoms with E-state index in [1.165, 1.54) is 0 Å². The Morgan fingerprint density at radius 2 is 2.13 bits per heavy atom. The Morgan fingerprint density at radius 3 is 2.67 bits per heavy atom. The van der Waals surface area contributed by atoms with Gasteiger partial charge in [0.2, 0.25) is 0 Å². The quantitative estimate of drug-likeness (QED) is 0.779. The zero-order valence-corrected chi connectivity index (χ0v) is 9.16. The van der Waals surface area contributed by atoms with Crippen LogP contribution in [0.4, 0.5) is 10.5 Å². The smallest absolute Gasteiger partial charge is 0.314 e. The third-order valence-corrected chi connectivity index (χ3v) is 1.66. The fraction of sp³-hybridized carbons (Fsp3) is 0.273. The minimum atomic E-state index is -0.262. The predicted octanol–water partition coefficient (Wildman–Crippen LogP) is 2.44. The Morgan fingerprint density at radius 1 is 1.40 bits per heavy atom. The van der Waals surface area contributed by atoms with Crippen molar-refractivity contribution in [1.82, 2.24) is 10.3 Å². The summed E-state index contributed by atoms with van der Waals surface area (Å²) in [6.45, 7) is 5.72. The molecule has 0 spiro atoms. The number of anilines is 1. The summed E-state index contributed by atoms with van der Waals surface area (Å²) in [4.78, 5) is 15.4. The van der Waals surface area contributed by atoms with E-state index >= 15 is 0 Å². The van der Waals surface area contributed by atoms with Gasteiger partial charge in [0.05, 0.1) is 11.9 Å². The first-order valence-corrected chi connectivity index (χ1v) is 4.71. The number of aromatic nitrogens is 1. The van der Waals surface area contributed by atoms with Crippen molar-refractivity contribution in [2.24, 2.45) is 0 Å². The second kappa shape index (κ2) is 5.14. The Kier molecular flexibility index (Phi) is 3.85. The fourth-order valence-corrected chi connectivity index (χ4v) is 0.919. The van der Waals surface area contributed by atoms with Gasteiger partial charge in [-0.1, -0.05) is 5.57 Å². The molecule has 4 heteroatoms. The lowest BCUT2D eigenvalue weighted by Gasteiger charge is -2.04. The summed E-state index contributed by atoms with van der Waals surface area (Å²) in [5.41, 5.74) is 2.64. The molecule has 0 radical (unpaired) electrons. The average Bonchev–Trinajstić information content (AvgIpc) is 2.19. The van der Waals surface area contributed by atoms with Crippen molar-refractivity contribution in [3.63, 3.8) is 0 Å². The number of aryl methyl sites for hydroxylation is 1. The summed E-state index contributed by atoms with van der Waals surface area (Å²) in [6, 6.07) is 3.39. The predicted molar refractivity (Wildman–Crippen MR) is 60.6 cm³/mol. The zero-order valence-electron chi connectivity index (χ0n) is 9.16. The maximum atomic E-state index is 11.3. The number of rotatable bonds is 2. The first kappa shape index (κ1) is 11.2. The topological polar surface area (TPSA) is 54.0 Å². The molecule has 0 unspecified atom stereocenters. The maximum absolute atomic E-state index is 11.3. The van der Waals surface area contributed by atoms with Crippen LogP contribution in [0.3, 0.4) is 0 Å². The SMILES string of the molecule is CC(C)=CNC(=O)Nc1ccc(C)nc1. The molecule has 15 heavy (non-hydrogen) atoms. The molecule has 80 valence electrons. The Bertz CT molecular complexity index is 364. The lowest BCUT2D eigenvalue weighted by atomic mass is 10.3. The summed E-state index contributed by atoms with van der Waals surface area (Å²) in [5, 5.41) is 5.27. The monoisotopic (exact) mass is 205 g/mol. The lowest BCUT2D eigenvalue weighted by Crippen LogP contribution is -2.24. The van der Waals surface area contributed by atoms with E-state index in [0.29, 0.717) is 5.69 Å². The Balaban J connectivity index is 2.51. The summed E-state index contributed by atoms with van der Waals surface area (Å²) >= 11 is 0. The van der Waals surface area contributed by atoms with Gasteiger partial charge in [0.25, 0.3) is 0 Å². The number of carbonyl (C=O) groups excluding carboxylic acids is 1. The van der Waals surface area contributed by atoms with E-state index < -0.39 is 0 Å². The first-order valence-electron chi connectivity index (χ1n) is 4.71. The van der Waals surface area contributed by atoms with Gasteiger partial charge in [-0.2, -0.15) is 0 Å². The summed E-state index contributed by atoms with van der Waals surface area (Å²) in [7, 11) is 0. The molecule has 0 saturated heterocycles. The number of amides is 2. The number of allylic oxidation sites excluding steroid dienone is 1. The third kappa shape index (κ3) is 4.26. The van der Waals surface area contributed by atoms with E-state index in [1.807, 2.05) is 32.9 Å². The number of carbonyl (C=O) groups is 1. The van der Waals surface area contributed by atoms with Crippen LogP contribution in [0.2, 0.25) is 0 Å². The van der Waals surface area contributed by atoms with Crippen LogP contribution in [-0.2, 0) is 0 Å². The van der Waals surface area contributed by atoms with E-state index in [4.69, 9.17) is 0 Å². The first-order chi connectivity index (χ1) is 7.08. The van der Waals surface area contributed by atoms with E-state index in [2.05, 4.69) is 15.6 Å². The highest BCUT2D eigenvalue weighted by Gasteiger charge is 1.98. The van der Waals surface area contributed by atoms with Gasteiger partial charge in [0.15, 0.2) is 0 Å². The lowest BCUT2D eigenvalue weighted by molar-refractivity contribution is 0.255. The molecule has 0 bridgehead atoms. The highest BCUT2D eigenvalue weighted by molar-refractivity contribution is 5.89. The molecule has 1 aromatic rings. The second-order valence-electron chi connectivity index (χ2n) is 3.51. The second-order valence-corrected chi connectivity index (χ2v) is 3.51. The van der Waals surface area contributed by atoms with Crippen molar-refractivity contribution in [1.29, 1.82) is 0 Å². The van der Waals surface area contributed by atoms with Crippen molar-refractivity contribution in [3.05, 3.63) is 35.8 Å². The Hall–Kier alpha value is -1.84. The zero-order chi connectivity index (χ0) is 11.3. The molecule has 0 aromatic carbocycles. The summed E-state index contributed by atoms with van der Waals surface area (Å²) in [6.07, 6.45) is 3.27. The van der Waals surface area contributed by atoms with Crippen LogP contribution in [0.15, 0.2) is 30.1 Å². The summed E-state index contributed by atoms with van der Waals surface area (Å²) < 4.78 is 0. The molecular weight excluding hydrogens is 190 g/mol. The minimum absolute atomic E-state index is 0.262. The van der Waals surface area contributed by atoms with Crippen molar-refractivity contribution >= 4 is 11.7 Å². The average molecular weight is 205 g/mol. The number of nitrogens with one attached hydrogen (secondary N) is 2. The molecule has 2 N–H and O–H groups in total. The van der Waals surface area contributed by atoms with Crippen molar-refractivity contribution in [3.8, 4) is 0 Å². The minimum Gasteiger partial charge on any atom is -0.314 e. The molecule has 0 aliphatic carbocycles. The maximum Gasteiger partial charge on any atom is 0.323 e. The van der Waals surface area contributed by atoms with E-state index in [0.717, 1.165) is 11.3 Å². The molecular formula is C11H15N3O. The molecule has 0 aliphatic rings. The van der Waals surface area contributed by atoms with E-state index in [1.54, 1.807) is 12.4 Å². The van der Waals surface area contributed by atoms with Crippen molar-refractivity contribution < 1.29 is 4.79 Å². The van der Waals surface area contributed by atoms with Crippen LogP contribution in [-0.4, -0.2) is 11.0 Å². The van der Waals surface area contributed by atoms with E-state index in [-0.39, 0.29) is 6.03 Å². The van der Waals surface area contributed by atoms with Gasteiger partial charge in [-0.15, -0.1) is 0 Å². The highest BCUT2D eigenvalue weighted by Crippen LogP contribution is 2.04. The highest BCUT2D eigenvalue weighted by atomic mass is 16.2. The molecule has 0 fully saturated rings. The van der Waals surface area contributed by atoms with Gasteiger partial charge in [-0.3, -0.25) is 4.98 Å². The molecule has 0 aliphatic heterocycles. The van der Waals surface area contributed by atoms with Crippen molar-refractivity contribution in [2.75, 3.05) is 5.32 Å². The van der Waals surface area contributed by atoms with Gasteiger partial charge >= 0.3 is 6.03 Å². The normalized spacial score (nSPS) is 9.27. The molecule has 1 aromatic heterocycles. The van der Waals surface area contributed by atoms with Gasteiger partial charge in [-0.05, 0) is 32.9 Å². The van der Waals surface area contributed by atoms with Gasteiger partial charge in [-0.25, -0.2) is 4.79 Å². The molecule has 0 atom stereocenters. The molecule has 1 rings (SSSR count). The Labute approximate surface area is 89.4 Å². The van der Waals surface area contributed by atoms with Crippen LogP contribution < -0.4 is 10.6 Å². The standard InChI is InChI=1S/C11H15N3O/c1-8(2)6-13-11(15)14-10-5-4-9(3)12-7-10/h4-7H,1-3H3,(H2,13,14,15). The van der Waals surface area contributed by atoms with Gasteiger partial charge in [0, 0.05) is 11.9 Å². The molecule has 2 amide bonds. The molecule has 4 nitrogen and oxygen atoms in total. The molecule has 1 heterocycles. The van der Waals surface area contributed by atoms with Crippen LogP contribution >= 0.6 is 0 Å². The number of urea groups is 1. The van der Waals surface area contributed by atoms with Gasteiger partial charge in [0.1, 0.15) is 0 Å². The number of nitrogens with zero attached hydrogens (tertiary/aromatic N) is 1. The van der Waals surface area contributed by atoms with Crippen LogP contribution in [0.25, 0.3) is 0 Å². The van der Waals surface area contributed by atoms with Crippen LogP contribution in [0.5, 0.6) is 0 Å².